The average Bonchev–Trinajstić information content (AvgIpc) is 3.38. The monoisotopic (exact) mass is 402 g/mol. The number of thiazole rings is 1. The first-order valence-corrected chi connectivity index (χ1v) is 10.1. The zero-order chi connectivity index (χ0) is 19.6. The lowest BCUT2D eigenvalue weighted by Crippen LogP contribution is -2.28. The van der Waals surface area contributed by atoms with E-state index in [2.05, 4.69) is 25.6 Å². The maximum absolute atomic E-state index is 12.8. The van der Waals surface area contributed by atoms with Crippen molar-refractivity contribution in [3.05, 3.63) is 59.2 Å². The first-order chi connectivity index (χ1) is 13.7. The van der Waals surface area contributed by atoms with E-state index in [1.807, 2.05) is 6.20 Å². The van der Waals surface area contributed by atoms with Gasteiger partial charge in [-0.05, 0) is 37.0 Å². The van der Waals surface area contributed by atoms with Crippen LogP contribution in [0.1, 0.15) is 30.5 Å². The molecule has 28 heavy (non-hydrogen) atoms. The fourth-order valence-corrected chi connectivity index (χ4v) is 3.47. The highest BCUT2D eigenvalue weighted by atomic mass is 32.1. The molecule has 0 unspecified atom stereocenters. The van der Waals surface area contributed by atoms with Crippen LogP contribution in [0.25, 0.3) is 10.7 Å². The predicted octanol–water partition coefficient (Wildman–Crippen LogP) is 3.72. The number of aryl methyl sites for hydroxylation is 1. The molecule has 0 atom stereocenters. The Morgan fingerprint density at radius 3 is 2.86 bits per heavy atom. The third-order valence-corrected chi connectivity index (χ3v) is 5.03. The Bertz CT molecular complexity index is 849. The Labute approximate surface area is 167 Å². The van der Waals surface area contributed by atoms with E-state index >= 15 is 0 Å². The molecule has 1 aromatic carbocycles. The molecule has 0 aliphatic rings. The summed E-state index contributed by atoms with van der Waals surface area (Å²) < 4.78 is 18.2. The second-order valence-electron chi connectivity index (χ2n) is 6.38. The van der Waals surface area contributed by atoms with Crippen molar-refractivity contribution in [2.75, 3.05) is 13.2 Å². The highest BCUT2D eigenvalue weighted by Crippen LogP contribution is 2.21. The van der Waals surface area contributed by atoms with Crippen LogP contribution in [0.2, 0.25) is 0 Å². The van der Waals surface area contributed by atoms with Gasteiger partial charge in [-0.2, -0.15) is 0 Å². The largest absolute Gasteiger partial charge is 0.367 e. The summed E-state index contributed by atoms with van der Waals surface area (Å²) >= 11 is 1.60. The normalized spacial score (nSPS) is 10.9. The molecule has 0 aliphatic heterocycles. The van der Waals surface area contributed by atoms with Crippen molar-refractivity contribution in [2.24, 2.45) is 0 Å². The maximum atomic E-state index is 12.8. The number of aromatic nitrogens is 3. The van der Waals surface area contributed by atoms with Gasteiger partial charge < -0.3 is 15.0 Å². The third-order valence-electron chi connectivity index (χ3n) is 4.12. The van der Waals surface area contributed by atoms with Gasteiger partial charge in [0.05, 0.1) is 18.6 Å². The van der Waals surface area contributed by atoms with Gasteiger partial charge in [0.1, 0.15) is 23.1 Å². The minimum absolute atomic E-state index is 0.00612. The first kappa shape index (κ1) is 20.2. The average molecular weight is 402 g/mol. The molecule has 3 aromatic rings. The molecule has 8 heteroatoms. The molecule has 3 rings (SSSR count). The fraction of sp³-hybridized carbons (Fsp3) is 0.350. The van der Waals surface area contributed by atoms with Gasteiger partial charge >= 0.3 is 0 Å². The van der Waals surface area contributed by atoms with Crippen molar-refractivity contribution in [3.8, 4) is 10.7 Å². The van der Waals surface area contributed by atoms with Crippen molar-refractivity contribution < 1.29 is 13.9 Å². The summed E-state index contributed by atoms with van der Waals surface area (Å²) in [6.45, 7) is 0.933. The number of aromatic amines is 1. The first-order valence-electron chi connectivity index (χ1n) is 9.23. The third kappa shape index (κ3) is 6.54. The molecule has 0 spiro atoms. The van der Waals surface area contributed by atoms with Crippen LogP contribution in [-0.4, -0.2) is 34.0 Å². The smallest absolute Gasteiger partial charge is 0.246 e. The number of nitrogens with one attached hydrogen (secondary N) is 2. The van der Waals surface area contributed by atoms with E-state index in [0.717, 1.165) is 47.6 Å². The summed E-state index contributed by atoms with van der Waals surface area (Å²) in [6, 6.07) is 6.05. The standard InChI is InChI=1S/C20H23FN4O2S/c21-16-7-5-15(6-8-16)11-27-12-19(26)23-9-3-1-2-4-17-13-28-20(25-17)18-10-22-14-24-18/h5-8,10,13-14H,1-4,9,11-12H2,(H,22,24)(H,23,26). The second kappa shape index (κ2) is 10.7. The van der Waals surface area contributed by atoms with Crippen LogP contribution in [0.4, 0.5) is 4.39 Å². The van der Waals surface area contributed by atoms with Gasteiger partial charge in [-0.15, -0.1) is 11.3 Å². The number of hydrogen-bond acceptors (Lipinski definition) is 5. The highest BCUT2D eigenvalue weighted by molar-refractivity contribution is 7.13. The van der Waals surface area contributed by atoms with Gasteiger partial charge in [0, 0.05) is 18.1 Å². The van der Waals surface area contributed by atoms with Crippen molar-refractivity contribution in [1.29, 1.82) is 0 Å². The Hall–Kier alpha value is -2.58. The van der Waals surface area contributed by atoms with Gasteiger partial charge in [0.15, 0.2) is 0 Å². The van der Waals surface area contributed by atoms with Crippen LogP contribution in [0.3, 0.4) is 0 Å². The van der Waals surface area contributed by atoms with E-state index in [1.165, 1.54) is 12.1 Å². The van der Waals surface area contributed by atoms with Crippen molar-refractivity contribution >= 4 is 17.2 Å². The number of carbonyl (C=O) groups is 1. The van der Waals surface area contributed by atoms with E-state index < -0.39 is 0 Å². The summed E-state index contributed by atoms with van der Waals surface area (Å²) in [5.41, 5.74) is 2.80. The second-order valence-corrected chi connectivity index (χ2v) is 7.24. The number of amides is 1. The van der Waals surface area contributed by atoms with Gasteiger partial charge in [-0.1, -0.05) is 18.6 Å². The topological polar surface area (TPSA) is 79.9 Å². The van der Waals surface area contributed by atoms with E-state index in [9.17, 15) is 9.18 Å². The molecule has 2 N–H and O–H groups in total. The Morgan fingerprint density at radius 1 is 1.21 bits per heavy atom. The lowest BCUT2D eigenvalue weighted by molar-refractivity contribution is -0.126. The van der Waals surface area contributed by atoms with Crippen LogP contribution in [-0.2, 0) is 22.6 Å². The minimum Gasteiger partial charge on any atom is -0.367 e. The maximum Gasteiger partial charge on any atom is 0.246 e. The summed E-state index contributed by atoms with van der Waals surface area (Å²) in [5, 5.41) is 5.86. The zero-order valence-electron chi connectivity index (χ0n) is 15.5. The lowest BCUT2D eigenvalue weighted by Gasteiger charge is -2.06. The molecule has 148 valence electrons. The number of H-pyrrole nitrogens is 1. The molecule has 0 aliphatic carbocycles. The number of halogens is 1. The van der Waals surface area contributed by atoms with Crippen LogP contribution < -0.4 is 5.32 Å². The van der Waals surface area contributed by atoms with E-state index in [4.69, 9.17) is 4.74 Å². The molecule has 2 aromatic heterocycles. The molecular weight excluding hydrogens is 379 g/mol. The van der Waals surface area contributed by atoms with E-state index in [1.54, 1.807) is 29.8 Å². The van der Waals surface area contributed by atoms with Crippen molar-refractivity contribution in [2.45, 2.75) is 32.3 Å². The number of benzene rings is 1. The van der Waals surface area contributed by atoms with Crippen molar-refractivity contribution in [3.63, 3.8) is 0 Å². The molecular formula is C20H23FN4O2S. The zero-order valence-corrected chi connectivity index (χ0v) is 16.3. The van der Waals surface area contributed by atoms with Crippen molar-refractivity contribution in [1.82, 2.24) is 20.3 Å². The van der Waals surface area contributed by atoms with Crippen LogP contribution in [0.15, 0.2) is 42.2 Å². The molecule has 0 fully saturated rings. The predicted molar refractivity (Wildman–Crippen MR) is 106 cm³/mol. The molecule has 1 amide bonds. The summed E-state index contributed by atoms with van der Waals surface area (Å²) in [4.78, 5) is 23.5. The van der Waals surface area contributed by atoms with Crippen LogP contribution in [0.5, 0.6) is 0 Å². The SMILES string of the molecule is O=C(COCc1ccc(F)cc1)NCCCCCc1csc(-c2c[nH]cn2)n1. The van der Waals surface area contributed by atoms with Gasteiger partial charge in [0.2, 0.25) is 5.91 Å². The summed E-state index contributed by atoms with van der Waals surface area (Å²) in [5.74, 6) is -0.417. The molecule has 6 nitrogen and oxygen atoms in total. The summed E-state index contributed by atoms with van der Waals surface area (Å²) in [7, 11) is 0. The number of nitrogens with zero attached hydrogens (tertiary/aromatic N) is 2. The number of ether oxygens (including phenoxy) is 1. The van der Waals surface area contributed by atoms with E-state index in [-0.39, 0.29) is 18.3 Å². The number of imidazole rings is 1. The fourth-order valence-electron chi connectivity index (χ4n) is 2.65. The van der Waals surface area contributed by atoms with Gasteiger partial charge in [-0.3, -0.25) is 4.79 Å². The van der Waals surface area contributed by atoms with E-state index in [0.29, 0.717) is 13.2 Å². The van der Waals surface area contributed by atoms with Gasteiger partial charge in [0.25, 0.3) is 0 Å². The lowest BCUT2D eigenvalue weighted by atomic mass is 10.1. The molecule has 0 saturated heterocycles. The molecule has 2 heterocycles. The number of hydrogen-bond donors (Lipinski definition) is 2. The Balaban J connectivity index is 1.22. The van der Waals surface area contributed by atoms with Crippen LogP contribution >= 0.6 is 11.3 Å². The number of rotatable bonds is 11. The molecule has 0 radical (unpaired) electrons. The highest BCUT2D eigenvalue weighted by Gasteiger charge is 2.06. The Kier molecular flexibility index (Phi) is 7.69. The minimum atomic E-state index is -0.283. The quantitative estimate of drug-likeness (QED) is 0.479. The number of unbranched alkanes of at least 4 members (excludes halogenated alkanes) is 2. The van der Waals surface area contributed by atoms with Gasteiger partial charge in [-0.25, -0.2) is 14.4 Å². The molecule has 0 bridgehead atoms. The molecule has 0 saturated carbocycles. The van der Waals surface area contributed by atoms with Crippen LogP contribution in [0, 0.1) is 5.82 Å². The Morgan fingerprint density at radius 2 is 2.07 bits per heavy atom. The summed E-state index contributed by atoms with van der Waals surface area (Å²) in [6.07, 6.45) is 7.38. The number of carbonyl (C=O) groups excluding carboxylic acids is 1.